The first-order valence-corrected chi connectivity index (χ1v) is 7.87. The number of hydrogen-bond donors (Lipinski definition) is 1. The van der Waals surface area contributed by atoms with Gasteiger partial charge in [0.25, 0.3) is 0 Å². The van der Waals surface area contributed by atoms with Crippen molar-refractivity contribution in [2.24, 2.45) is 5.92 Å². The van der Waals surface area contributed by atoms with Gasteiger partial charge in [-0.3, -0.25) is 0 Å². The van der Waals surface area contributed by atoms with Crippen LogP contribution in [0.1, 0.15) is 45.1 Å². The van der Waals surface area contributed by atoms with Crippen LogP contribution in [0.5, 0.6) is 11.5 Å². The van der Waals surface area contributed by atoms with Gasteiger partial charge >= 0.3 is 0 Å². The molecule has 0 aromatic heterocycles. The van der Waals surface area contributed by atoms with Crippen molar-refractivity contribution in [3.8, 4) is 11.5 Å². The van der Waals surface area contributed by atoms with E-state index in [1.165, 1.54) is 31.2 Å². The van der Waals surface area contributed by atoms with E-state index in [4.69, 9.17) is 9.47 Å². The van der Waals surface area contributed by atoms with Crippen molar-refractivity contribution in [3.63, 3.8) is 0 Å². The zero-order valence-corrected chi connectivity index (χ0v) is 12.5. The molecule has 1 heterocycles. The van der Waals surface area contributed by atoms with Crippen LogP contribution in [0.2, 0.25) is 0 Å². The minimum absolute atomic E-state index is 0.357. The number of rotatable bonds is 5. The third kappa shape index (κ3) is 3.09. The SMILES string of the molecule is CC(CCc1ccc2c(c1)OCO2)NC1CCCC1C. The second-order valence-corrected chi connectivity index (χ2v) is 6.31. The van der Waals surface area contributed by atoms with Crippen LogP contribution in [0.15, 0.2) is 18.2 Å². The minimum atomic E-state index is 0.357. The molecule has 110 valence electrons. The minimum Gasteiger partial charge on any atom is -0.454 e. The molecule has 1 N–H and O–H groups in total. The molecule has 3 unspecified atom stereocenters. The van der Waals surface area contributed by atoms with Crippen molar-refractivity contribution in [3.05, 3.63) is 23.8 Å². The number of nitrogens with one attached hydrogen (secondary N) is 1. The molecule has 0 radical (unpaired) electrons. The fourth-order valence-electron chi connectivity index (χ4n) is 3.32. The molecule has 3 rings (SSSR count). The first kappa shape index (κ1) is 13.7. The van der Waals surface area contributed by atoms with Gasteiger partial charge in [-0.25, -0.2) is 0 Å². The van der Waals surface area contributed by atoms with Crippen LogP contribution in [-0.2, 0) is 6.42 Å². The fourth-order valence-corrected chi connectivity index (χ4v) is 3.32. The van der Waals surface area contributed by atoms with E-state index in [1.807, 2.05) is 6.07 Å². The molecular formula is C17H25NO2. The van der Waals surface area contributed by atoms with Crippen LogP contribution in [0.25, 0.3) is 0 Å². The quantitative estimate of drug-likeness (QED) is 0.892. The Hall–Kier alpha value is -1.22. The Morgan fingerprint density at radius 1 is 1.25 bits per heavy atom. The maximum Gasteiger partial charge on any atom is 0.231 e. The average molecular weight is 275 g/mol. The van der Waals surface area contributed by atoms with Crippen LogP contribution < -0.4 is 14.8 Å². The lowest BCUT2D eigenvalue weighted by atomic mass is 10.0. The van der Waals surface area contributed by atoms with Crippen LogP contribution in [-0.4, -0.2) is 18.9 Å². The summed E-state index contributed by atoms with van der Waals surface area (Å²) in [6.07, 6.45) is 6.37. The van der Waals surface area contributed by atoms with Gasteiger partial charge < -0.3 is 14.8 Å². The Labute approximate surface area is 121 Å². The standard InChI is InChI=1S/C17H25NO2/c1-12-4-3-5-15(12)18-13(2)6-7-14-8-9-16-17(10-14)20-11-19-16/h8-10,12-13,15,18H,3-7,11H2,1-2H3. The molecular weight excluding hydrogens is 250 g/mol. The molecule has 3 heteroatoms. The van der Waals surface area contributed by atoms with Gasteiger partial charge in [-0.05, 0) is 56.2 Å². The Morgan fingerprint density at radius 2 is 2.10 bits per heavy atom. The van der Waals surface area contributed by atoms with Gasteiger partial charge in [0.05, 0.1) is 0 Å². The predicted molar refractivity (Wildman–Crippen MR) is 80.3 cm³/mol. The van der Waals surface area contributed by atoms with Gasteiger partial charge in [-0.1, -0.05) is 19.4 Å². The number of aryl methyl sites for hydroxylation is 1. The van der Waals surface area contributed by atoms with Crippen molar-refractivity contribution < 1.29 is 9.47 Å². The number of fused-ring (bicyclic) bond motifs is 1. The third-order valence-corrected chi connectivity index (χ3v) is 4.66. The molecule has 1 aromatic rings. The highest BCUT2D eigenvalue weighted by molar-refractivity contribution is 5.44. The van der Waals surface area contributed by atoms with E-state index in [2.05, 4.69) is 31.3 Å². The van der Waals surface area contributed by atoms with E-state index in [-0.39, 0.29) is 0 Å². The van der Waals surface area contributed by atoms with Gasteiger partial charge in [0.2, 0.25) is 6.79 Å². The molecule has 0 spiro atoms. The largest absolute Gasteiger partial charge is 0.454 e. The van der Waals surface area contributed by atoms with Gasteiger partial charge in [0.1, 0.15) is 0 Å². The van der Waals surface area contributed by atoms with E-state index >= 15 is 0 Å². The molecule has 1 aliphatic heterocycles. The first-order chi connectivity index (χ1) is 9.72. The first-order valence-electron chi connectivity index (χ1n) is 7.87. The maximum absolute atomic E-state index is 5.43. The Bertz CT molecular complexity index is 460. The van der Waals surface area contributed by atoms with Crippen molar-refractivity contribution in [2.75, 3.05) is 6.79 Å². The smallest absolute Gasteiger partial charge is 0.231 e. The van der Waals surface area contributed by atoms with E-state index in [9.17, 15) is 0 Å². The van der Waals surface area contributed by atoms with Crippen LogP contribution >= 0.6 is 0 Å². The molecule has 2 aliphatic rings. The summed E-state index contributed by atoms with van der Waals surface area (Å²) >= 11 is 0. The van der Waals surface area contributed by atoms with E-state index in [1.54, 1.807) is 0 Å². The zero-order valence-electron chi connectivity index (χ0n) is 12.5. The summed E-state index contributed by atoms with van der Waals surface area (Å²) in [7, 11) is 0. The lowest BCUT2D eigenvalue weighted by Crippen LogP contribution is -2.38. The monoisotopic (exact) mass is 275 g/mol. The predicted octanol–water partition coefficient (Wildman–Crippen LogP) is 3.51. The Balaban J connectivity index is 1.49. The summed E-state index contributed by atoms with van der Waals surface area (Å²) in [5.41, 5.74) is 1.34. The zero-order chi connectivity index (χ0) is 13.9. The Kier molecular flexibility index (Phi) is 4.16. The summed E-state index contributed by atoms with van der Waals surface area (Å²) in [4.78, 5) is 0. The molecule has 0 amide bonds. The molecule has 3 atom stereocenters. The van der Waals surface area contributed by atoms with Crippen LogP contribution in [0.4, 0.5) is 0 Å². The normalized spacial score (nSPS) is 25.9. The van der Waals surface area contributed by atoms with Crippen molar-refractivity contribution in [1.82, 2.24) is 5.32 Å². The van der Waals surface area contributed by atoms with Gasteiger partial charge in [-0.15, -0.1) is 0 Å². The molecule has 0 bridgehead atoms. The highest BCUT2D eigenvalue weighted by Gasteiger charge is 2.24. The molecule has 3 nitrogen and oxygen atoms in total. The third-order valence-electron chi connectivity index (χ3n) is 4.66. The average Bonchev–Trinajstić information content (AvgIpc) is 3.05. The summed E-state index contributed by atoms with van der Waals surface area (Å²) < 4.78 is 10.8. The van der Waals surface area contributed by atoms with Gasteiger partial charge in [-0.2, -0.15) is 0 Å². The van der Waals surface area contributed by atoms with E-state index < -0.39 is 0 Å². The molecule has 0 saturated heterocycles. The van der Waals surface area contributed by atoms with Gasteiger partial charge in [0, 0.05) is 12.1 Å². The number of hydrogen-bond acceptors (Lipinski definition) is 3. The second kappa shape index (κ2) is 6.04. The maximum atomic E-state index is 5.43. The van der Waals surface area contributed by atoms with Crippen molar-refractivity contribution in [1.29, 1.82) is 0 Å². The lowest BCUT2D eigenvalue weighted by Gasteiger charge is -2.22. The number of ether oxygens (including phenoxy) is 2. The molecule has 1 aliphatic carbocycles. The summed E-state index contributed by atoms with van der Waals surface area (Å²) in [6, 6.07) is 7.59. The molecule has 1 aromatic carbocycles. The van der Waals surface area contributed by atoms with Crippen molar-refractivity contribution in [2.45, 2.75) is 58.0 Å². The summed E-state index contributed by atoms with van der Waals surface area (Å²) in [5.74, 6) is 2.61. The van der Waals surface area contributed by atoms with E-state index in [0.29, 0.717) is 12.8 Å². The fraction of sp³-hybridized carbons (Fsp3) is 0.647. The summed E-state index contributed by atoms with van der Waals surface area (Å²) in [6.45, 7) is 5.03. The molecule has 1 saturated carbocycles. The second-order valence-electron chi connectivity index (χ2n) is 6.31. The Morgan fingerprint density at radius 3 is 2.90 bits per heavy atom. The van der Waals surface area contributed by atoms with Gasteiger partial charge in [0.15, 0.2) is 11.5 Å². The number of benzene rings is 1. The topological polar surface area (TPSA) is 30.5 Å². The van der Waals surface area contributed by atoms with Crippen LogP contribution in [0, 0.1) is 5.92 Å². The highest BCUT2D eigenvalue weighted by Crippen LogP contribution is 2.33. The van der Waals surface area contributed by atoms with Crippen molar-refractivity contribution >= 4 is 0 Å². The van der Waals surface area contributed by atoms with E-state index in [0.717, 1.165) is 29.9 Å². The summed E-state index contributed by atoms with van der Waals surface area (Å²) in [5, 5.41) is 3.80. The highest BCUT2D eigenvalue weighted by atomic mass is 16.7. The van der Waals surface area contributed by atoms with Crippen LogP contribution in [0.3, 0.4) is 0 Å². The lowest BCUT2D eigenvalue weighted by molar-refractivity contribution is 0.174. The molecule has 1 fully saturated rings. The molecule has 20 heavy (non-hydrogen) atoms.